The fourth-order valence-electron chi connectivity index (χ4n) is 2.76. The van der Waals surface area contributed by atoms with Crippen molar-refractivity contribution in [3.8, 4) is 0 Å². The van der Waals surface area contributed by atoms with Gasteiger partial charge in [0.25, 0.3) is 0 Å². The molecule has 0 saturated heterocycles. The lowest BCUT2D eigenvalue weighted by Gasteiger charge is -2.18. The molecular formula is C23H42N2O6. The molecule has 0 aromatic rings. The standard InChI is InChI=1S/C23H42N2O6/c1-17(2)8-11-22(28)24-13-16-31-15-12-23(29)25-19(9-10-20(26)18(3)4)21(27)7-6-14-30-5/h17-19H,6-16H2,1-5H3,(H,24,28)(H,25,29). The van der Waals surface area contributed by atoms with E-state index in [4.69, 9.17) is 9.47 Å². The average molecular weight is 443 g/mol. The summed E-state index contributed by atoms with van der Waals surface area (Å²) < 4.78 is 10.4. The molecule has 0 aromatic heterocycles. The summed E-state index contributed by atoms with van der Waals surface area (Å²) in [5.41, 5.74) is 0. The summed E-state index contributed by atoms with van der Waals surface area (Å²) in [6.07, 6.45) is 2.89. The van der Waals surface area contributed by atoms with Crippen LogP contribution in [0.2, 0.25) is 0 Å². The predicted molar refractivity (Wildman–Crippen MR) is 120 cm³/mol. The fraction of sp³-hybridized carbons (Fsp3) is 0.826. The van der Waals surface area contributed by atoms with Gasteiger partial charge in [-0.1, -0.05) is 27.7 Å². The summed E-state index contributed by atoms with van der Waals surface area (Å²) in [7, 11) is 1.57. The zero-order valence-electron chi connectivity index (χ0n) is 20.0. The number of nitrogens with one attached hydrogen (secondary N) is 2. The topological polar surface area (TPSA) is 111 Å². The van der Waals surface area contributed by atoms with Crippen LogP contribution >= 0.6 is 0 Å². The Morgan fingerprint density at radius 2 is 1.48 bits per heavy atom. The van der Waals surface area contributed by atoms with Gasteiger partial charge in [0.05, 0.1) is 19.3 Å². The number of rotatable bonds is 19. The Morgan fingerprint density at radius 1 is 0.774 bits per heavy atom. The van der Waals surface area contributed by atoms with Gasteiger partial charge in [-0.15, -0.1) is 0 Å². The van der Waals surface area contributed by atoms with Crippen LogP contribution in [0.1, 0.15) is 72.6 Å². The molecule has 1 unspecified atom stereocenters. The first-order valence-electron chi connectivity index (χ1n) is 11.4. The molecule has 180 valence electrons. The number of methoxy groups -OCH3 is 1. The van der Waals surface area contributed by atoms with Gasteiger partial charge in [-0.05, 0) is 25.2 Å². The summed E-state index contributed by atoms with van der Waals surface area (Å²) in [4.78, 5) is 48.2. The van der Waals surface area contributed by atoms with Gasteiger partial charge in [0.2, 0.25) is 11.8 Å². The predicted octanol–water partition coefficient (Wildman–Crippen LogP) is 2.43. The molecule has 0 radical (unpaired) electrons. The first-order chi connectivity index (χ1) is 14.7. The highest BCUT2D eigenvalue weighted by molar-refractivity contribution is 5.90. The number of ketones is 2. The van der Waals surface area contributed by atoms with E-state index in [1.165, 1.54) is 0 Å². The SMILES string of the molecule is COCCCC(=O)C(CCC(=O)C(C)C)NC(=O)CCOCCNC(=O)CCC(C)C. The Hall–Kier alpha value is -1.80. The normalized spacial score (nSPS) is 12.1. The summed E-state index contributed by atoms with van der Waals surface area (Å²) in [6.45, 7) is 9.17. The van der Waals surface area contributed by atoms with Gasteiger partial charge < -0.3 is 20.1 Å². The van der Waals surface area contributed by atoms with E-state index in [-0.39, 0.29) is 48.7 Å². The maximum Gasteiger partial charge on any atom is 0.222 e. The molecule has 0 bridgehead atoms. The third-order valence-corrected chi connectivity index (χ3v) is 4.81. The molecule has 2 N–H and O–H groups in total. The molecular weight excluding hydrogens is 400 g/mol. The van der Waals surface area contributed by atoms with Crippen molar-refractivity contribution in [2.45, 2.75) is 78.7 Å². The van der Waals surface area contributed by atoms with Gasteiger partial charge in [0, 0.05) is 51.9 Å². The molecule has 2 amide bonds. The number of ether oxygens (including phenoxy) is 2. The molecule has 0 saturated carbocycles. The molecule has 8 nitrogen and oxygen atoms in total. The van der Waals surface area contributed by atoms with Crippen LogP contribution in [0.5, 0.6) is 0 Å². The first kappa shape index (κ1) is 29.2. The highest BCUT2D eigenvalue weighted by Crippen LogP contribution is 2.09. The van der Waals surface area contributed by atoms with Crippen LogP contribution in [0.4, 0.5) is 0 Å². The van der Waals surface area contributed by atoms with Crippen LogP contribution < -0.4 is 10.6 Å². The van der Waals surface area contributed by atoms with Crippen LogP contribution in [-0.4, -0.2) is 62.9 Å². The molecule has 1 atom stereocenters. The van der Waals surface area contributed by atoms with Crippen LogP contribution in [0.15, 0.2) is 0 Å². The molecule has 31 heavy (non-hydrogen) atoms. The molecule has 0 fully saturated rings. The minimum atomic E-state index is -0.674. The lowest BCUT2D eigenvalue weighted by molar-refractivity contribution is -0.129. The van der Waals surface area contributed by atoms with E-state index < -0.39 is 6.04 Å². The van der Waals surface area contributed by atoms with E-state index >= 15 is 0 Å². The van der Waals surface area contributed by atoms with Crippen LogP contribution in [-0.2, 0) is 28.7 Å². The molecule has 0 aliphatic rings. The average Bonchev–Trinajstić information content (AvgIpc) is 2.71. The lowest BCUT2D eigenvalue weighted by atomic mass is 9.97. The van der Waals surface area contributed by atoms with Gasteiger partial charge >= 0.3 is 0 Å². The van der Waals surface area contributed by atoms with E-state index in [2.05, 4.69) is 24.5 Å². The molecule has 0 spiro atoms. The zero-order chi connectivity index (χ0) is 23.6. The third-order valence-electron chi connectivity index (χ3n) is 4.81. The molecule has 0 aromatic carbocycles. The maximum absolute atomic E-state index is 12.5. The Balaban J connectivity index is 4.25. The van der Waals surface area contributed by atoms with Gasteiger partial charge in [-0.2, -0.15) is 0 Å². The van der Waals surface area contributed by atoms with E-state index in [1.807, 2.05) is 13.8 Å². The number of hydrogen-bond acceptors (Lipinski definition) is 6. The minimum absolute atomic E-state index is 0.000755. The fourth-order valence-corrected chi connectivity index (χ4v) is 2.76. The molecule has 0 aliphatic carbocycles. The van der Waals surface area contributed by atoms with E-state index in [9.17, 15) is 19.2 Å². The number of carbonyl (C=O) groups is 4. The monoisotopic (exact) mass is 442 g/mol. The molecule has 0 aliphatic heterocycles. The van der Waals surface area contributed by atoms with Crippen LogP contribution in [0.25, 0.3) is 0 Å². The van der Waals surface area contributed by atoms with Crippen molar-refractivity contribution in [1.82, 2.24) is 10.6 Å². The van der Waals surface area contributed by atoms with Crippen molar-refractivity contribution in [2.24, 2.45) is 11.8 Å². The van der Waals surface area contributed by atoms with Gasteiger partial charge in [0.15, 0.2) is 5.78 Å². The van der Waals surface area contributed by atoms with Crippen molar-refractivity contribution < 1.29 is 28.7 Å². The first-order valence-corrected chi connectivity index (χ1v) is 11.4. The number of carbonyl (C=O) groups excluding carboxylic acids is 4. The number of amides is 2. The second-order valence-electron chi connectivity index (χ2n) is 8.49. The van der Waals surface area contributed by atoms with Gasteiger partial charge in [-0.3, -0.25) is 19.2 Å². The van der Waals surface area contributed by atoms with Crippen molar-refractivity contribution >= 4 is 23.4 Å². The Bertz CT molecular complexity index is 548. The highest BCUT2D eigenvalue weighted by atomic mass is 16.5. The van der Waals surface area contributed by atoms with Crippen LogP contribution in [0.3, 0.4) is 0 Å². The smallest absolute Gasteiger partial charge is 0.222 e. The molecule has 8 heteroatoms. The lowest BCUT2D eigenvalue weighted by Crippen LogP contribution is -2.41. The Labute approximate surface area is 187 Å². The quantitative estimate of drug-likeness (QED) is 0.297. The van der Waals surface area contributed by atoms with Crippen molar-refractivity contribution in [3.05, 3.63) is 0 Å². The molecule has 0 rings (SSSR count). The second-order valence-corrected chi connectivity index (χ2v) is 8.49. The van der Waals surface area contributed by atoms with E-state index in [0.29, 0.717) is 51.4 Å². The van der Waals surface area contributed by atoms with Crippen molar-refractivity contribution in [3.63, 3.8) is 0 Å². The number of Topliss-reactive ketones (excluding diaryl/α,β-unsaturated/α-hetero) is 2. The van der Waals surface area contributed by atoms with Crippen LogP contribution in [0, 0.1) is 11.8 Å². The number of hydrogen-bond donors (Lipinski definition) is 2. The summed E-state index contributed by atoms with van der Waals surface area (Å²) >= 11 is 0. The zero-order valence-corrected chi connectivity index (χ0v) is 20.0. The van der Waals surface area contributed by atoms with Crippen molar-refractivity contribution in [2.75, 3.05) is 33.5 Å². The van der Waals surface area contributed by atoms with E-state index in [1.54, 1.807) is 7.11 Å². The van der Waals surface area contributed by atoms with Gasteiger partial charge in [0.1, 0.15) is 5.78 Å². The maximum atomic E-state index is 12.5. The highest BCUT2D eigenvalue weighted by Gasteiger charge is 2.22. The van der Waals surface area contributed by atoms with E-state index in [0.717, 1.165) is 6.42 Å². The Kier molecular flexibility index (Phi) is 16.8. The largest absolute Gasteiger partial charge is 0.385 e. The second kappa shape index (κ2) is 17.8. The summed E-state index contributed by atoms with van der Waals surface area (Å²) in [5, 5.41) is 5.53. The third kappa shape index (κ3) is 16.6. The van der Waals surface area contributed by atoms with Crippen molar-refractivity contribution in [1.29, 1.82) is 0 Å². The van der Waals surface area contributed by atoms with Gasteiger partial charge in [-0.25, -0.2) is 0 Å². The minimum Gasteiger partial charge on any atom is -0.385 e. The summed E-state index contributed by atoms with van der Waals surface area (Å²) in [5.74, 6) is 0.0810. The summed E-state index contributed by atoms with van der Waals surface area (Å²) in [6, 6.07) is -0.674. The molecule has 0 heterocycles. The Morgan fingerprint density at radius 3 is 2.10 bits per heavy atom.